The maximum atomic E-state index is 5.98. The Morgan fingerprint density at radius 2 is 2.22 bits per heavy atom. The lowest BCUT2D eigenvalue weighted by atomic mass is 10.2. The van der Waals surface area contributed by atoms with Crippen molar-refractivity contribution in [3.05, 3.63) is 28.9 Å². The minimum Gasteiger partial charge on any atom is -0.428 e. The second kappa shape index (κ2) is 6.51. The van der Waals surface area contributed by atoms with Crippen molar-refractivity contribution in [3.63, 3.8) is 0 Å². The molecule has 2 aromatic heterocycles. The first-order chi connectivity index (χ1) is 10.9. The number of hydrogen-bond acceptors (Lipinski definition) is 4. The van der Waals surface area contributed by atoms with Gasteiger partial charge < -0.3 is 9.47 Å². The quantitative estimate of drug-likeness (QED) is 0.362. The zero-order valence-electron chi connectivity index (χ0n) is 13.2. The van der Waals surface area contributed by atoms with Gasteiger partial charge >= 0.3 is 11.9 Å². The molecule has 0 radical (unpaired) electrons. The summed E-state index contributed by atoms with van der Waals surface area (Å²) in [5.41, 5.74) is 0.381. The van der Waals surface area contributed by atoms with Crippen LogP contribution >= 0.6 is 38.5 Å². The van der Waals surface area contributed by atoms with Crippen LogP contribution < -0.4 is 0 Å². The fourth-order valence-corrected chi connectivity index (χ4v) is 3.06. The molecule has 3 rings (SSSR count). The van der Waals surface area contributed by atoms with E-state index in [1.54, 1.807) is 6.20 Å². The van der Waals surface area contributed by atoms with Gasteiger partial charge in [-0.2, -0.15) is 4.58 Å². The van der Waals surface area contributed by atoms with E-state index in [1.807, 2.05) is 43.5 Å². The van der Waals surface area contributed by atoms with Crippen LogP contribution in [0.2, 0.25) is 0 Å². The molecule has 3 heterocycles. The van der Waals surface area contributed by atoms with Gasteiger partial charge in [0, 0.05) is 26.5 Å². The molecule has 1 unspecified atom stereocenters. The van der Waals surface area contributed by atoms with Gasteiger partial charge in [-0.05, 0) is 53.8 Å². The lowest BCUT2D eigenvalue weighted by Crippen LogP contribution is -2.28. The SMILES string of the molecule is CC(C)(C)OC1=[N+](c2ccc3cc(Br)cnc3n2)CC(CI)O1. The van der Waals surface area contributed by atoms with Gasteiger partial charge in [-0.15, -0.1) is 0 Å². The van der Waals surface area contributed by atoms with Crippen LogP contribution in [0, 0.1) is 0 Å². The fourth-order valence-electron chi connectivity index (χ4n) is 2.25. The molecule has 2 aromatic rings. The van der Waals surface area contributed by atoms with Crippen molar-refractivity contribution in [1.29, 1.82) is 0 Å². The number of rotatable bonds is 2. The predicted octanol–water partition coefficient (Wildman–Crippen LogP) is 4.04. The van der Waals surface area contributed by atoms with Crippen molar-refractivity contribution in [2.75, 3.05) is 11.0 Å². The van der Waals surface area contributed by atoms with E-state index in [0.717, 1.165) is 26.6 Å². The molecule has 1 atom stereocenters. The first kappa shape index (κ1) is 16.9. The number of alkyl halides is 1. The van der Waals surface area contributed by atoms with E-state index < -0.39 is 0 Å². The molecule has 0 N–H and O–H groups in total. The smallest absolute Gasteiger partial charge is 0.428 e. The van der Waals surface area contributed by atoms with Crippen molar-refractivity contribution in [2.24, 2.45) is 0 Å². The van der Waals surface area contributed by atoms with Crippen LogP contribution in [0.1, 0.15) is 20.8 Å². The van der Waals surface area contributed by atoms with Crippen LogP contribution in [-0.4, -0.2) is 43.3 Å². The van der Waals surface area contributed by atoms with Gasteiger partial charge in [0.15, 0.2) is 6.10 Å². The minimum atomic E-state index is -0.326. The molecule has 0 amide bonds. The predicted molar refractivity (Wildman–Crippen MR) is 102 cm³/mol. The summed E-state index contributed by atoms with van der Waals surface area (Å²) in [5, 5.41) is 0.993. The lowest BCUT2D eigenvalue weighted by Gasteiger charge is -2.19. The molecule has 7 heteroatoms. The Morgan fingerprint density at radius 3 is 2.91 bits per heavy atom. The first-order valence-electron chi connectivity index (χ1n) is 7.34. The summed E-state index contributed by atoms with van der Waals surface area (Å²) in [5.74, 6) is 0.791. The molecule has 0 fully saturated rings. The number of pyridine rings is 2. The zero-order chi connectivity index (χ0) is 16.6. The average molecular weight is 491 g/mol. The molecule has 1 aliphatic rings. The minimum absolute atomic E-state index is 0.100. The summed E-state index contributed by atoms with van der Waals surface area (Å²) < 4.78 is 15.7. The summed E-state index contributed by atoms with van der Waals surface area (Å²) in [6, 6.07) is 5.99. The van der Waals surface area contributed by atoms with E-state index in [9.17, 15) is 0 Å². The van der Waals surface area contributed by atoms with Crippen molar-refractivity contribution >= 4 is 61.5 Å². The largest absolute Gasteiger partial charge is 0.466 e. The Labute approximate surface area is 157 Å². The molecule has 0 aromatic carbocycles. The van der Waals surface area contributed by atoms with E-state index in [-0.39, 0.29) is 11.7 Å². The second-order valence-electron chi connectivity index (χ2n) is 6.35. The number of fused-ring (bicyclic) bond motifs is 1. The maximum absolute atomic E-state index is 5.98. The Bertz CT molecular complexity index is 773. The van der Waals surface area contributed by atoms with Gasteiger partial charge in [0.05, 0.1) is 0 Å². The molecule has 0 saturated heterocycles. The van der Waals surface area contributed by atoms with Crippen LogP contribution in [0.4, 0.5) is 5.82 Å². The molecular formula is C16H18BrIN3O2+. The van der Waals surface area contributed by atoms with Crippen LogP contribution in [0.3, 0.4) is 0 Å². The third-order valence-electron chi connectivity index (χ3n) is 3.21. The van der Waals surface area contributed by atoms with Gasteiger partial charge in [0.25, 0.3) is 5.65 Å². The molecule has 1 aliphatic heterocycles. The summed E-state index contributed by atoms with van der Waals surface area (Å²) in [6.07, 6.45) is 2.37. The molecule has 0 aliphatic carbocycles. The molecule has 0 spiro atoms. The lowest BCUT2D eigenvalue weighted by molar-refractivity contribution is -0.448. The normalized spacial score (nSPS) is 18.4. The highest BCUT2D eigenvalue weighted by molar-refractivity contribution is 14.1. The summed E-state index contributed by atoms with van der Waals surface area (Å²) >= 11 is 5.76. The zero-order valence-corrected chi connectivity index (χ0v) is 17.0. The standard InChI is InChI=1S/C16H18BrIN3O2/c1-16(2,3)23-15-21(9-12(7-18)22-15)13-5-4-10-6-11(17)8-19-14(10)20-13/h4-6,8,12H,7,9H2,1-3H3/q+1. The highest BCUT2D eigenvalue weighted by Gasteiger charge is 2.35. The molecule has 122 valence electrons. The number of hydrogen-bond donors (Lipinski definition) is 0. The van der Waals surface area contributed by atoms with Gasteiger partial charge in [0.2, 0.25) is 0 Å². The number of aromatic nitrogens is 2. The molecule has 23 heavy (non-hydrogen) atoms. The molecule has 0 bridgehead atoms. The fraction of sp³-hybridized carbons (Fsp3) is 0.438. The Balaban J connectivity index is 2.02. The molecule has 5 nitrogen and oxygen atoms in total. The Hall–Kier alpha value is -0.960. The third kappa shape index (κ3) is 3.93. The number of halogens is 2. The van der Waals surface area contributed by atoms with Gasteiger partial charge in [-0.1, -0.05) is 22.6 Å². The summed E-state index contributed by atoms with van der Waals surface area (Å²) in [4.78, 5) is 9.03. The summed E-state index contributed by atoms with van der Waals surface area (Å²) in [6.45, 7) is 6.74. The van der Waals surface area contributed by atoms with Crippen molar-refractivity contribution in [3.8, 4) is 0 Å². The highest BCUT2D eigenvalue weighted by Crippen LogP contribution is 2.23. The summed E-state index contributed by atoms with van der Waals surface area (Å²) in [7, 11) is 0. The molecule has 0 saturated carbocycles. The maximum Gasteiger partial charge on any atom is 0.466 e. The van der Waals surface area contributed by atoms with Crippen LogP contribution in [0.15, 0.2) is 28.9 Å². The second-order valence-corrected chi connectivity index (χ2v) is 8.15. The van der Waals surface area contributed by atoms with E-state index in [4.69, 9.17) is 9.47 Å². The van der Waals surface area contributed by atoms with Gasteiger partial charge in [-0.25, -0.2) is 4.98 Å². The Kier molecular flexibility index (Phi) is 4.78. The van der Waals surface area contributed by atoms with E-state index in [2.05, 4.69) is 48.5 Å². The van der Waals surface area contributed by atoms with Crippen molar-refractivity contribution in [1.82, 2.24) is 9.97 Å². The Morgan fingerprint density at radius 1 is 1.43 bits per heavy atom. The van der Waals surface area contributed by atoms with Crippen molar-refractivity contribution < 1.29 is 14.0 Å². The number of nitrogens with zero attached hydrogens (tertiary/aromatic N) is 3. The van der Waals surface area contributed by atoms with Gasteiger partial charge in [0.1, 0.15) is 12.1 Å². The topological polar surface area (TPSA) is 47.2 Å². The highest BCUT2D eigenvalue weighted by atomic mass is 127. The number of ether oxygens (including phenoxy) is 2. The molecular weight excluding hydrogens is 473 g/mol. The first-order valence-corrected chi connectivity index (χ1v) is 9.66. The monoisotopic (exact) mass is 490 g/mol. The van der Waals surface area contributed by atoms with Gasteiger partial charge in [-0.3, -0.25) is 0 Å². The van der Waals surface area contributed by atoms with E-state index in [1.165, 1.54) is 0 Å². The third-order valence-corrected chi connectivity index (χ3v) is 4.63. The van der Waals surface area contributed by atoms with Crippen LogP contribution in [-0.2, 0) is 9.47 Å². The van der Waals surface area contributed by atoms with Crippen molar-refractivity contribution in [2.45, 2.75) is 32.5 Å². The average Bonchev–Trinajstić information content (AvgIpc) is 2.87. The van der Waals surface area contributed by atoms with E-state index >= 15 is 0 Å². The van der Waals surface area contributed by atoms with E-state index in [0.29, 0.717) is 11.7 Å². The van der Waals surface area contributed by atoms with Crippen LogP contribution in [0.25, 0.3) is 11.0 Å². The van der Waals surface area contributed by atoms with Crippen LogP contribution in [0.5, 0.6) is 0 Å².